The zero-order valence-electron chi connectivity index (χ0n) is 18.4. The first-order chi connectivity index (χ1) is 14.5. The van der Waals surface area contributed by atoms with Crippen molar-refractivity contribution < 1.29 is 14.3 Å². The van der Waals surface area contributed by atoms with Gasteiger partial charge in [-0.3, -0.25) is 4.79 Å². The van der Waals surface area contributed by atoms with E-state index in [1.54, 1.807) is 0 Å². The van der Waals surface area contributed by atoms with Crippen molar-refractivity contribution >= 4 is 11.8 Å². The van der Waals surface area contributed by atoms with Gasteiger partial charge in [0.05, 0.1) is 5.57 Å². The number of esters is 1. The van der Waals surface area contributed by atoms with Crippen molar-refractivity contribution in [2.45, 2.75) is 90.1 Å². The van der Waals surface area contributed by atoms with E-state index >= 15 is 0 Å². The van der Waals surface area contributed by atoms with Crippen molar-refractivity contribution in [2.75, 3.05) is 0 Å². The fourth-order valence-electron chi connectivity index (χ4n) is 5.06. The molecule has 1 heterocycles. The Balaban J connectivity index is 1.72. The van der Waals surface area contributed by atoms with E-state index in [1.165, 1.54) is 12.0 Å². The molecule has 3 aliphatic rings. The number of carbonyl (C=O) groups is 2. The van der Waals surface area contributed by atoms with Crippen LogP contribution < -0.4 is 5.32 Å². The molecule has 4 heteroatoms. The maximum atomic E-state index is 13.4. The van der Waals surface area contributed by atoms with Crippen LogP contribution in [0.5, 0.6) is 0 Å². The van der Waals surface area contributed by atoms with E-state index in [0.29, 0.717) is 17.9 Å². The molecule has 0 aromatic heterocycles. The zero-order chi connectivity index (χ0) is 21.3. The van der Waals surface area contributed by atoms with Crippen molar-refractivity contribution in [2.24, 2.45) is 0 Å². The fraction of sp³-hybridized carbons (Fsp3) is 0.538. The van der Waals surface area contributed by atoms with E-state index in [4.69, 9.17) is 4.74 Å². The van der Waals surface area contributed by atoms with Gasteiger partial charge in [-0.25, -0.2) is 4.79 Å². The molecule has 1 N–H and O–H groups in total. The number of ether oxygens (including phenoxy) is 1. The molecule has 1 atom stereocenters. The molecule has 0 radical (unpaired) electrons. The first-order valence-corrected chi connectivity index (χ1v) is 11.5. The predicted molar refractivity (Wildman–Crippen MR) is 118 cm³/mol. The van der Waals surface area contributed by atoms with Gasteiger partial charge in [-0.2, -0.15) is 0 Å². The van der Waals surface area contributed by atoms with Gasteiger partial charge in [0.2, 0.25) is 0 Å². The van der Waals surface area contributed by atoms with E-state index in [-0.39, 0.29) is 23.8 Å². The van der Waals surface area contributed by atoms with Gasteiger partial charge in [0.1, 0.15) is 6.10 Å². The monoisotopic (exact) mass is 407 g/mol. The maximum absolute atomic E-state index is 13.4. The van der Waals surface area contributed by atoms with E-state index < -0.39 is 0 Å². The normalized spacial score (nSPS) is 22.8. The number of hydrogen-bond acceptors (Lipinski definition) is 4. The Morgan fingerprint density at radius 2 is 1.73 bits per heavy atom. The summed E-state index contributed by atoms with van der Waals surface area (Å²) in [5, 5.41) is 3.38. The summed E-state index contributed by atoms with van der Waals surface area (Å²) in [4.78, 5) is 26.3. The van der Waals surface area contributed by atoms with Crippen LogP contribution in [-0.4, -0.2) is 17.9 Å². The molecule has 1 saturated carbocycles. The molecular weight excluding hydrogens is 374 g/mol. The van der Waals surface area contributed by atoms with Gasteiger partial charge < -0.3 is 10.1 Å². The second-order valence-electron chi connectivity index (χ2n) is 9.25. The molecule has 2 aliphatic carbocycles. The van der Waals surface area contributed by atoms with Crippen molar-refractivity contribution in [1.82, 2.24) is 5.32 Å². The predicted octanol–water partition coefficient (Wildman–Crippen LogP) is 5.65. The number of Topliss-reactive ketones (excluding diaryl/α,β-unsaturated/α-hetero) is 1. The highest BCUT2D eigenvalue weighted by Crippen LogP contribution is 2.43. The second kappa shape index (κ2) is 8.79. The third-order valence-corrected chi connectivity index (χ3v) is 6.76. The van der Waals surface area contributed by atoms with E-state index in [1.807, 2.05) is 6.92 Å². The van der Waals surface area contributed by atoms with Crippen LogP contribution in [0.4, 0.5) is 0 Å². The molecule has 1 aromatic rings. The second-order valence-corrected chi connectivity index (χ2v) is 9.25. The summed E-state index contributed by atoms with van der Waals surface area (Å²) in [7, 11) is 0. The van der Waals surface area contributed by atoms with Crippen LogP contribution in [-0.2, 0) is 14.3 Å². The molecule has 1 aliphatic heterocycles. The van der Waals surface area contributed by atoms with Crippen LogP contribution in [0.2, 0.25) is 0 Å². The average molecular weight is 408 g/mol. The van der Waals surface area contributed by atoms with Crippen LogP contribution in [0.15, 0.2) is 46.8 Å². The minimum atomic E-state index is -0.341. The Bertz CT molecular complexity index is 885. The van der Waals surface area contributed by atoms with Crippen molar-refractivity contribution in [3.8, 4) is 0 Å². The molecular formula is C26H33NO3. The summed E-state index contributed by atoms with van der Waals surface area (Å²) >= 11 is 0. The first-order valence-electron chi connectivity index (χ1n) is 11.5. The number of dihydropyridines is 1. The quantitative estimate of drug-likeness (QED) is 0.655. The number of ketones is 1. The molecule has 0 saturated heterocycles. The minimum absolute atomic E-state index is 0.00653. The van der Waals surface area contributed by atoms with Gasteiger partial charge in [-0.15, -0.1) is 0 Å². The van der Waals surface area contributed by atoms with Gasteiger partial charge in [-0.1, -0.05) is 44.5 Å². The zero-order valence-corrected chi connectivity index (χ0v) is 18.4. The molecule has 0 spiro atoms. The third kappa shape index (κ3) is 4.10. The molecule has 0 bridgehead atoms. The lowest BCUT2D eigenvalue weighted by atomic mass is 9.75. The summed E-state index contributed by atoms with van der Waals surface area (Å²) in [5.41, 5.74) is 5.42. The lowest BCUT2D eigenvalue weighted by molar-refractivity contribution is -0.146. The number of carbonyl (C=O) groups excluding carboxylic acids is 2. The van der Waals surface area contributed by atoms with Gasteiger partial charge in [0.15, 0.2) is 5.78 Å². The van der Waals surface area contributed by atoms with Gasteiger partial charge >= 0.3 is 5.97 Å². The third-order valence-electron chi connectivity index (χ3n) is 6.76. The highest BCUT2D eigenvalue weighted by Gasteiger charge is 2.39. The molecule has 160 valence electrons. The van der Waals surface area contributed by atoms with Crippen LogP contribution in [0.25, 0.3) is 0 Å². The number of nitrogens with one attached hydrogen (secondary N) is 1. The molecule has 4 rings (SSSR count). The van der Waals surface area contributed by atoms with E-state index in [2.05, 4.69) is 43.4 Å². The number of hydrogen-bond donors (Lipinski definition) is 1. The van der Waals surface area contributed by atoms with Crippen LogP contribution in [0.1, 0.15) is 95.1 Å². The Kier molecular flexibility index (Phi) is 6.12. The summed E-state index contributed by atoms with van der Waals surface area (Å²) in [6.07, 6.45) is 7.57. The largest absolute Gasteiger partial charge is 0.459 e. The Morgan fingerprint density at radius 1 is 1.03 bits per heavy atom. The smallest absolute Gasteiger partial charge is 0.337 e. The molecule has 0 unspecified atom stereocenters. The maximum Gasteiger partial charge on any atom is 0.337 e. The van der Waals surface area contributed by atoms with Crippen molar-refractivity contribution in [3.63, 3.8) is 0 Å². The topological polar surface area (TPSA) is 55.4 Å². The van der Waals surface area contributed by atoms with E-state index in [9.17, 15) is 9.59 Å². The molecule has 30 heavy (non-hydrogen) atoms. The fourth-order valence-corrected chi connectivity index (χ4v) is 5.06. The Labute approximate surface area is 179 Å². The molecule has 1 aromatic carbocycles. The van der Waals surface area contributed by atoms with Crippen molar-refractivity contribution in [1.29, 1.82) is 0 Å². The molecule has 4 nitrogen and oxygen atoms in total. The molecule has 1 fully saturated rings. The van der Waals surface area contributed by atoms with Crippen LogP contribution in [0.3, 0.4) is 0 Å². The van der Waals surface area contributed by atoms with Crippen LogP contribution >= 0.6 is 0 Å². The average Bonchev–Trinajstić information content (AvgIpc) is 2.73. The minimum Gasteiger partial charge on any atom is -0.459 e. The highest BCUT2D eigenvalue weighted by molar-refractivity contribution is 6.03. The van der Waals surface area contributed by atoms with Gasteiger partial charge in [-0.05, 0) is 62.5 Å². The van der Waals surface area contributed by atoms with Crippen LogP contribution in [0, 0.1) is 0 Å². The van der Waals surface area contributed by atoms with Gasteiger partial charge in [0.25, 0.3) is 0 Å². The number of allylic oxidation sites excluding steroid dienone is 3. The summed E-state index contributed by atoms with van der Waals surface area (Å²) < 4.78 is 5.96. The summed E-state index contributed by atoms with van der Waals surface area (Å²) in [6, 6.07) is 8.40. The SMILES string of the molecule is CC1=C(C(=O)OC2CCCCC2)[C@H](c2ccc(C(C)C)cc2)C2=C(CCCC2=O)N1. The lowest BCUT2D eigenvalue weighted by Crippen LogP contribution is -2.35. The van der Waals surface area contributed by atoms with Crippen molar-refractivity contribution in [3.05, 3.63) is 57.9 Å². The highest BCUT2D eigenvalue weighted by atomic mass is 16.5. The Morgan fingerprint density at radius 3 is 2.40 bits per heavy atom. The van der Waals surface area contributed by atoms with Gasteiger partial charge in [0, 0.05) is 29.3 Å². The number of benzene rings is 1. The Hall–Kier alpha value is -2.36. The summed E-state index contributed by atoms with van der Waals surface area (Å²) in [6.45, 7) is 6.28. The standard InChI is InChI=1S/C26H33NO3/c1-16(2)18-12-14-19(15-13-18)24-23(26(29)30-20-8-5-4-6-9-20)17(3)27-21-10-7-11-22(28)25(21)24/h12-16,20,24,27H,4-11H2,1-3H3/t24-/m0/s1. The number of rotatable bonds is 4. The first kappa shape index (κ1) is 20.9. The lowest BCUT2D eigenvalue weighted by Gasteiger charge is -2.35. The van der Waals surface area contributed by atoms with E-state index in [0.717, 1.165) is 61.1 Å². The molecule has 0 amide bonds. The summed E-state index contributed by atoms with van der Waals surface area (Å²) in [5.74, 6) is -0.0237.